The maximum absolute atomic E-state index is 15.7. The Kier molecular flexibility index (Phi) is 10.6. The highest BCUT2D eigenvalue weighted by atomic mass is 19.4. The molecule has 1 saturated carbocycles. The van der Waals surface area contributed by atoms with Gasteiger partial charge in [0.1, 0.15) is 5.56 Å². The maximum Gasteiger partial charge on any atom is 0.421 e. The van der Waals surface area contributed by atoms with Crippen LogP contribution in [0.2, 0.25) is 0 Å². The second kappa shape index (κ2) is 14.1. The predicted molar refractivity (Wildman–Crippen MR) is 151 cm³/mol. The van der Waals surface area contributed by atoms with Crippen LogP contribution < -0.4 is 9.64 Å². The first-order valence-corrected chi connectivity index (χ1v) is 14.2. The van der Waals surface area contributed by atoms with Crippen LogP contribution in [0.25, 0.3) is 0 Å². The van der Waals surface area contributed by atoms with Gasteiger partial charge in [-0.3, -0.25) is 4.79 Å². The van der Waals surface area contributed by atoms with Crippen LogP contribution in [0.4, 0.5) is 23.2 Å². The van der Waals surface area contributed by atoms with Gasteiger partial charge in [-0.2, -0.15) is 28.2 Å². The Labute approximate surface area is 252 Å². The first-order valence-electron chi connectivity index (χ1n) is 14.2. The van der Waals surface area contributed by atoms with Crippen LogP contribution >= 0.6 is 0 Å². The lowest BCUT2D eigenvalue weighted by Gasteiger charge is -2.35. The van der Waals surface area contributed by atoms with Crippen LogP contribution in [-0.2, 0) is 33.4 Å². The number of hydrogen-bond donors (Lipinski definition) is 0. The van der Waals surface area contributed by atoms with Gasteiger partial charge in [-0.15, -0.1) is 0 Å². The zero-order valence-corrected chi connectivity index (χ0v) is 24.9. The zero-order chi connectivity index (χ0) is 32.0. The smallest absolute Gasteiger partial charge is 0.421 e. The SMILES string of the molecule is COCC(C)N(C(=O)C1CCC(C)CC1)c1cc(F)c(Oc2ncc(CCn3nccn3)cc2C(F)(F)F)cc1C(=O)OC. The lowest BCUT2D eigenvalue weighted by atomic mass is 9.82. The molecule has 14 heteroatoms. The summed E-state index contributed by atoms with van der Waals surface area (Å²) in [5.74, 6) is -3.82. The number of nitrogens with zero attached hydrogens (tertiary/aromatic N) is 5. The quantitative estimate of drug-likeness (QED) is 0.194. The molecule has 0 saturated heterocycles. The van der Waals surface area contributed by atoms with Crippen molar-refractivity contribution in [2.45, 2.75) is 64.7 Å². The molecule has 1 aromatic carbocycles. The summed E-state index contributed by atoms with van der Waals surface area (Å²) in [6.07, 6.45) is 2.29. The van der Waals surface area contributed by atoms with Crippen LogP contribution in [0.1, 0.15) is 61.0 Å². The van der Waals surface area contributed by atoms with Gasteiger partial charge in [0.05, 0.1) is 49.9 Å². The number of pyridine rings is 1. The summed E-state index contributed by atoms with van der Waals surface area (Å²) in [6.45, 7) is 4.10. The summed E-state index contributed by atoms with van der Waals surface area (Å²) in [6, 6.07) is 2.08. The zero-order valence-electron chi connectivity index (χ0n) is 24.9. The summed E-state index contributed by atoms with van der Waals surface area (Å²) in [5.41, 5.74) is -1.36. The number of benzene rings is 1. The van der Waals surface area contributed by atoms with Gasteiger partial charge in [-0.25, -0.2) is 14.2 Å². The van der Waals surface area contributed by atoms with Crippen LogP contribution in [-0.4, -0.2) is 58.7 Å². The Hall–Kier alpha value is -4.07. The number of aryl methyl sites for hydroxylation is 2. The van der Waals surface area contributed by atoms with E-state index in [9.17, 15) is 22.8 Å². The summed E-state index contributed by atoms with van der Waals surface area (Å²) < 4.78 is 73.4. The topological polar surface area (TPSA) is 109 Å². The van der Waals surface area contributed by atoms with E-state index in [-0.39, 0.29) is 48.2 Å². The molecule has 238 valence electrons. The number of halogens is 4. The van der Waals surface area contributed by atoms with Crippen molar-refractivity contribution in [1.82, 2.24) is 20.0 Å². The number of ether oxygens (including phenoxy) is 3. The molecule has 1 amide bonds. The summed E-state index contributed by atoms with van der Waals surface area (Å²) in [5, 5.41) is 7.85. The Morgan fingerprint density at radius 1 is 1.09 bits per heavy atom. The molecule has 10 nitrogen and oxygen atoms in total. The monoisotopic (exact) mass is 621 g/mol. The lowest BCUT2D eigenvalue weighted by molar-refractivity contribution is -0.139. The minimum absolute atomic E-state index is 0.0804. The number of anilines is 1. The van der Waals surface area contributed by atoms with E-state index in [0.29, 0.717) is 18.8 Å². The van der Waals surface area contributed by atoms with E-state index in [1.165, 1.54) is 35.4 Å². The molecule has 44 heavy (non-hydrogen) atoms. The molecule has 1 unspecified atom stereocenters. The molecule has 2 heterocycles. The number of carbonyl (C=O) groups excluding carboxylic acids is 2. The van der Waals surface area contributed by atoms with Crippen molar-refractivity contribution in [1.29, 1.82) is 0 Å². The molecule has 1 aliphatic carbocycles. The second-order valence-electron chi connectivity index (χ2n) is 10.9. The van der Waals surface area contributed by atoms with Crippen molar-refractivity contribution >= 4 is 17.6 Å². The molecule has 1 fully saturated rings. The third kappa shape index (κ3) is 7.71. The fourth-order valence-electron chi connectivity index (χ4n) is 5.30. The van der Waals surface area contributed by atoms with Crippen molar-refractivity contribution in [3.05, 3.63) is 59.3 Å². The van der Waals surface area contributed by atoms with Crippen LogP contribution in [0, 0.1) is 17.7 Å². The van der Waals surface area contributed by atoms with E-state index in [1.54, 1.807) is 6.92 Å². The minimum atomic E-state index is -4.89. The molecule has 0 spiro atoms. The largest absolute Gasteiger partial charge is 0.465 e. The highest BCUT2D eigenvalue weighted by molar-refractivity contribution is 6.04. The molecule has 3 aromatic rings. The van der Waals surface area contributed by atoms with E-state index in [0.717, 1.165) is 38.2 Å². The number of amides is 1. The lowest BCUT2D eigenvalue weighted by Crippen LogP contribution is -2.46. The van der Waals surface area contributed by atoms with Crippen molar-refractivity contribution in [3.8, 4) is 11.6 Å². The Bertz CT molecular complexity index is 1440. The van der Waals surface area contributed by atoms with Gasteiger partial charge in [-0.05, 0) is 56.6 Å². The van der Waals surface area contributed by atoms with Crippen molar-refractivity contribution in [3.63, 3.8) is 0 Å². The van der Waals surface area contributed by atoms with Gasteiger partial charge < -0.3 is 19.1 Å². The van der Waals surface area contributed by atoms with Crippen molar-refractivity contribution in [2.75, 3.05) is 25.7 Å². The molecule has 0 N–H and O–H groups in total. The van der Waals surface area contributed by atoms with Gasteiger partial charge >= 0.3 is 12.1 Å². The normalized spacial score (nSPS) is 17.6. The third-order valence-corrected chi connectivity index (χ3v) is 7.65. The van der Waals surface area contributed by atoms with Crippen LogP contribution in [0.15, 0.2) is 36.8 Å². The molecular weight excluding hydrogens is 586 g/mol. The fourth-order valence-corrected chi connectivity index (χ4v) is 5.30. The minimum Gasteiger partial charge on any atom is -0.465 e. The molecule has 1 atom stereocenters. The average Bonchev–Trinajstić information content (AvgIpc) is 3.51. The number of rotatable bonds is 11. The van der Waals surface area contributed by atoms with Crippen molar-refractivity contribution in [2.24, 2.45) is 11.8 Å². The third-order valence-electron chi connectivity index (χ3n) is 7.65. The number of esters is 1. The van der Waals surface area contributed by atoms with Gasteiger partial charge in [0.2, 0.25) is 11.8 Å². The first kappa shape index (κ1) is 32.8. The molecule has 0 aliphatic heterocycles. The first-order chi connectivity index (χ1) is 20.9. The molecular formula is C30H35F4N5O5. The van der Waals surface area contributed by atoms with E-state index in [1.807, 2.05) is 0 Å². The van der Waals surface area contributed by atoms with Gasteiger partial charge in [-0.1, -0.05) is 6.92 Å². The highest BCUT2D eigenvalue weighted by Gasteiger charge is 2.37. The van der Waals surface area contributed by atoms with E-state index in [4.69, 9.17) is 14.2 Å². The Morgan fingerprint density at radius 3 is 2.39 bits per heavy atom. The number of methoxy groups -OCH3 is 2. The van der Waals surface area contributed by atoms with Gasteiger partial charge in [0.15, 0.2) is 11.6 Å². The standard InChI is InChI=1S/C30H35F4N5O5/c1-18-5-7-21(8-6-18)28(40)39(19(2)17-42-3)25-15-24(31)26(14-22(25)29(41)43-4)44-27-23(30(32,33)34)13-20(16-35-27)9-12-38-36-10-11-37-38/h10-11,13-16,18-19,21H,5-9,12,17H2,1-4H3. The molecule has 0 radical (unpaired) electrons. The number of alkyl halides is 3. The summed E-state index contributed by atoms with van der Waals surface area (Å²) in [7, 11) is 2.55. The van der Waals surface area contributed by atoms with E-state index >= 15 is 4.39 Å². The van der Waals surface area contributed by atoms with Gasteiger partial charge in [0, 0.05) is 31.4 Å². The van der Waals surface area contributed by atoms with Crippen LogP contribution in [0.3, 0.4) is 0 Å². The second-order valence-corrected chi connectivity index (χ2v) is 10.9. The molecule has 4 rings (SSSR count). The Balaban J connectivity index is 1.71. The maximum atomic E-state index is 15.7. The van der Waals surface area contributed by atoms with Crippen molar-refractivity contribution < 1.29 is 41.4 Å². The molecule has 1 aliphatic rings. The van der Waals surface area contributed by atoms with Gasteiger partial charge in [0.25, 0.3) is 0 Å². The highest BCUT2D eigenvalue weighted by Crippen LogP contribution is 2.40. The predicted octanol–water partition coefficient (Wildman–Crippen LogP) is 5.85. The number of hydrogen-bond acceptors (Lipinski definition) is 8. The summed E-state index contributed by atoms with van der Waals surface area (Å²) >= 11 is 0. The number of carbonyl (C=O) groups is 2. The fraction of sp³-hybridized carbons (Fsp3) is 0.500. The molecule has 0 bridgehead atoms. The molecule has 2 aromatic heterocycles. The van der Waals surface area contributed by atoms with E-state index in [2.05, 4.69) is 22.1 Å². The Morgan fingerprint density at radius 2 is 1.77 bits per heavy atom. The van der Waals surface area contributed by atoms with Crippen LogP contribution in [0.5, 0.6) is 11.6 Å². The number of aromatic nitrogens is 4. The van der Waals surface area contributed by atoms with E-state index < -0.39 is 41.2 Å². The average molecular weight is 622 g/mol. The summed E-state index contributed by atoms with van der Waals surface area (Å²) in [4.78, 5) is 33.2.